The Morgan fingerprint density at radius 1 is 1.11 bits per heavy atom. The molecule has 3 N–H and O–H groups in total. The van der Waals surface area contributed by atoms with Gasteiger partial charge in [-0.3, -0.25) is 14.2 Å². The maximum atomic E-state index is 13.3. The molecule has 0 fully saturated rings. The predicted molar refractivity (Wildman–Crippen MR) is 130 cm³/mol. The van der Waals surface area contributed by atoms with E-state index < -0.39 is 35.9 Å². The summed E-state index contributed by atoms with van der Waals surface area (Å²) in [7, 11) is 1.40. The molecule has 11 heteroatoms. The fraction of sp³-hybridized carbons (Fsp3) is 0.192. The summed E-state index contributed by atoms with van der Waals surface area (Å²) in [5, 5.41) is 21.2. The third-order valence-electron chi connectivity index (χ3n) is 5.54. The molecule has 1 atom stereocenters. The number of hydrogen-bond donors (Lipinski definition) is 3. The zero-order valence-corrected chi connectivity index (χ0v) is 19.5. The van der Waals surface area contributed by atoms with E-state index in [0.29, 0.717) is 11.4 Å². The van der Waals surface area contributed by atoms with Gasteiger partial charge in [0.15, 0.2) is 0 Å². The summed E-state index contributed by atoms with van der Waals surface area (Å²) in [4.78, 5) is 30.6. The Hall–Kier alpha value is -4.22. The van der Waals surface area contributed by atoms with Gasteiger partial charge in [0.2, 0.25) is 0 Å². The summed E-state index contributed by atoms with van der Waals surface area (Å²) in [5.41, 5.74) is -0.912. The Balaban J connectivity index is 1.72. The topological polar surface area (TPSA) is 114 Å². The zero-order chi connectivity index (χ0) is 26.7. The number of aliphatic hydroxyl groups is 2. The number of hydrogen-bond acceptors (Lipinski definition) is 6. The van der Waals surface area contributed by atoms with Crippen molar-refractivity contribution in [1.29, 1.82) is 0 Å². The Bertz CT molecular complexity index is 1520. The summed E-state index contributed by atoms with van der Waals surface area (Å²) in [6.45, 7) is -0.616. The van der Waals surface area contributed by atoms with Crippen molar-refractivity contribution in [2.75, 3.05) is 18.5 Å². The van der Waals surface area contributed by atoms with Gasteiger partial charge in [-0.15, -0.1) is 0 Å². The van der Waals surface area contributed by atoms with Crippen LogP contribution in [0.2, 0.25) is 0 Å². The van der Waals surface area contributed by atoms with Crippen LogP contribution in [0.4, 0.5) is 18.9 Å². The Kier molecular flexibility index (Phi) is 7.28. The van der Waals surface area contributed by atoms with Gasteiger partial charge >= 0.3 is 6.18 Å². The van der Waals surface area contributed by atoms with Gasteiger partial charge in [0.05, 0.1) is 28.6 Å². The van der Waals surface area contributed by atoms with Crippen molar-refractivity contribution in [3.8, 4) is 17.1 Å². The normalized spacial score (nSPS) is 12.4. The zero-order valence-electron chi connectivity index (χ0n) is 19.5. The number of fused-ring (bicyclic) bond motifs is 1. The average molecular weight is 513 g/mol. The average Bonchev–Trinajstić information content (AvgIpc) is 2.88. The van der Waals surface area contributed by atoms with Gasteiger partial charge in [0.1, 0.15) is 24.3 Å². The first-order valence-electron chi connectivity index (χ1n) is 11.1. The summed E-state index contributed by atoms with van der Waals surface area (Å²) < 4.78 is 46.3. The van der Waals surface area contributed by atoms with Crippen LogP contribution in [0.3, 0.4) is 0 Å². The quantitative estimate of drug-likeness (QED) is 0.348. The molecule has 0 aliphatic heterocycles. The summed E-state index contributed by atoms with van der Waals surface area (Å²) in [6, 6.07) is 15.2. The first-order chi connectivity index (χ1) is 17.6. The van der Waals surface area contributed by atoms with Gasteiger partial charge in [-0.1, -0.05) is 24.3 Å². The lowest BCUT2D eigenvalue weighted by Crippen LogP contribution is -2.22. The van der Waals surface area contributed by atoms with Gasteiger partial charge in [-0.05, 0) is 36.4 Å². The first kappa shape index (κ1) is 25.9. The van der Waals surface area contributed by atoms with Crippen LogP contribution < -0.4 is 15.6 Å². The number of benzene rings is 3. The molecule has 192 valence electrons. The molecular formula is C26H22F3N3O5. The smallest absolute Gasteiger partial charge is 0.416 e. The molecule has 0 aliphatic rings. The molecule has 37 heavy (non-hydrogen) atoms. The van der Waals surface area contributed by atoms with E-state index in [1.54, 1.807) is 18.2 Å². The molecule has 0 saturated carbocycles. The van der Waals surface area contributed by atoms with Gasteiger partial charge < -0.3 is 20.3 Å². The number of ether oxygens (including phenoxy) is 1. The summed E-state index contributed by atoms with van der Waals surface area (Å²) in [6.07, 6.45) is -5.64. The highest BCUT2D eigenvalue weighted by Gasteiger charge is 2.31. The minimum absolute atomic E-state index is 0.0262. The van der Waals surface area contributed by atoms with E-state index in [-0.39, 0.29) is 34.5 Å². The molecule has 1 aromatic heterocycles. The largest absolute Gasteiger partial charge is 0.491 e. The van der Waals surface area contributed by atoms with Crippen molar-refractivity contribution < 1.29 is 32.9 Å². The summed E-state index contributed by atoms with van der Waals surface area (Å²) >= 11 is 0. The van der Waals surface area contributed by atoms with Gasteiger partial charge in [-0.25, -0.2) is 4.98 Å². The molecule has 0 bridgehead atoms. The Labute approximate surface area is 208 Å². The third-order valence-corrected chi connectivity index (χ3v) is 5.54. The number of carbonyl (C=O) groups excluding carboxylic acids is 1. The monoisotopic (exact) mass is 513 g/mol. The molecule has 0 saturated heterocycles. The second-order valence-electron chi connectivity index (χ2n) is 8.21. The van der Waals surface area contributed by atoms with Crippen LogP contribution in [0.25, 0.3) is 22.3 Å². The van der Waals surface area contributed by atoms with E-state index in [2.05, 4.69) is 10.3 Å². The van der Waals surface area contributed by atoms with Crippen molar-refractivity contribution in [1.82, 2.24) is 9.55 Å². The van der Waals surface area contributed by atoms with E-state index in [4.69, 9.17) is 9.84 Å². The number of aromatic nitrogens is 2. The van der Waals surface area contributed by atoms with Crippen LogP contribution in [-0.4, -0.2) is 45.0 Å². The van der Waals surface area contributed by atoms with Crippen LogP contribution in [0, 0.1) is 0 Å². The SMILES string of the molecule is Cn1c(-c2cccc(C(F)(F)F)c2)nc2c(C(=O)Nc3cccc(OC[C@@H](O)CO)c3)cccc2c1=O. The van der Waals surface area contributed by atoms with E-state index in [9.17, 15) is 27.9 Å². The van der Waals surface area contributed by atoms with Crippen molar-refractivity contribution in [2.45, 2.75) is 12.3 Å². The van der Waals surface area contributed by atoms with Crippen LogP contribution >= 0.6 is 0 Å². The molecule has 1 heterocycles. The Morgan fingerprint density at radius 2 is 1.84 bits per heavy atom. The maximum Gasteiger partial charge on any atom is 0.416 e. The van der Waals surface area contributed by atoms with E-state index in [0.717, 1.165) is 16.7 Å². The number of amides is 1. The second kappa shape index (κ2) is 10.4. The van der Waals surface area contributed by atoms with Crippen LogP contribution in [-0.2, 0) is 13.2 Å². The summed E-state index contributed by atoms with van der Waals surface area (Å²) in [5.74, 6) is -0.294. The predicted octanol–water partition coefficient (Wildman–Crippen LogP) is 3.60. The number of carbonyl (C=O) groups is 1. The highest BCUT2D eigenvalue weighted by atomic mass is 19.4. The fourth-order valence-corrected chi connectivity index (χ4v) is 3.68. The van der Waals surface area contributed by atoms with Crippen molar-refractivity contribution >= 4 is 22.5 Å². The molecule has 4 rings (SSSR count). The van der Waals surface area contributed by atoms with E-state index in [1.807, 2.05) is 0 Å². The number of alkyl halides is 3. The second-order valence-corrected chi connectivity index (χ2v) is 8.21. The van der Waals surface area contributed by atoms with E-state index >= 15 is 0 Å². The molecule has 3 aromatic carbocycles. The van der Waals surface area contributed by atoms with Crippen LogP contribution in [0.15, 0.2) is 71.5 Å². The molecule has 0 aliphatic carbocycles. The number of para-hydroxylation sites is 1. The lowest BCUT2D eigenvalue weighted by Gasteiger charge is -2.14. The highest BCUT2D eigenvalue weighted by Crippen LogP contribution is 2.32. The van der Waals surface area contributed by atoms with Gasteiger partial charge in [0.25, 0.3) is 11.5 Å². The van der Waals surface area contributed by atoms with Crippen molar-refractivity contribution in [3.05, 3.63) is 88.2 Å². The number of anilines is 1. The van der Waals surface area contributed by atoms with Crippen molar-refractivity contribution in [3.63, 3.8) is 0 Å². The Morgan fingerprint density at radius 3 is 2.57 bits per heavy atom. The number of halogens is 3. The molecule has 4 aromatic rings. The standard InChI is InChI=1S/C26H22F3N3O5/c1-32-23(15-5-2-6-16(11-15)26(27,28)29)31-22-20(9-4-10-21(22)25(32)36)24(35)30-17-7-3-8-19(12-17)37-14-18(34)13-33/h2-12,18,33-34H,13-14H2,1H3,(H,30,35)/t18-/m0/s1. The molecule has 8 nitrogen and oxygen atoms in total. The van der Waals surface area contributed by atoms with E-state index in [1.165, 1.54) is 43.4 Å². The number of rotatable bonds is 7. The van der Waals surface area contributed by atoms with Crippen LogP contribution in [0.5, 0.6) is 5.75 Å². The number of aliphatic hydroxyl groups excluding tert-OH is 2. The number of nitrogens with zero attached hydrogens (tertiary/aromatic N) is 2. The molecular weight excluding hydrogens is 491 g/mol. The molecule has 0 unspecified atom stereocenters. The molecule has 0 radical (unpaired) electrons. The van der Waals surface area contributed by atoms with Crippen LogP contribution in [0.1, 0.15) is 15.9 Å². The lowest BCUT2D eigenvalue weighted by molar-refractivity contribution is -0.137. The third kappa shape index (κ3) is 5.63. The minimum Gasteiger partial charge on any atom is -0.491 e. The lowest BCUT2D eigenvalue weighted by atomic mass is 10.1. The van der Waals surface area contributed by atoms with Gasteiger partial charge in [0, 0.05) is 24.4 Å². The number of nitrogens with one attached hydrogen (secondary N) is 1. The van der Waals surface area contributed by atoms with Gasteiger partial charge in [-0.2, -0.15) is 13.2 Å². The first-order valence-corrected chi connectivity index (χ1v) is 11.1. The highest BCUT2D eigenvalue weighted by molar-refractivity contribution is 6.12. The molecule has 1 amide bonds. The fourth-order valence-electron chi connectivity index (χ4n) is 3.68. The minimum atomic E-state index is -4.58. The maximum absolute atomic E-state index is 13.3. The van der Waals surface area contributed by atoms with Crippen molar-refractivity contribution in [2.24, 2.45) is 7.05 Å². The molecule has 0 spiro atoms.